The maximum atomic E-state index is 13.7. The van der Waals surface area contributed by atoms with Gasteiger partial charge in [-0.15, -0.1) is 0 Å². The van der Waals surface area contributed by atoms with Crippen molar-refractivity contribution in [2.45, 2.75) is 18.9 Å². The number of Topliss-reactive ketones (excluding diaryl/α,β-unsaturated/α-hetero) is 1. The average Bonchev–Trinajstić information content (AvgIpc) is 3.47. The van der Waals surface area contributed by atoms with E-state index in [2.05, 4.69) is 20.8 Å². The summed E-state index contributed by atoms with van der Waals surface area (Å²) in [5, 5.41) is 11.1. The molecule has 5 rings (SSSR count). The molecule has 2 aliphatic heterocycles. The van der Waals surface area contributed by atoms with Crippen LogP contribution in [0.25, 0.3) is 5.76 Å². The quantitative estimate of drug-likeness (QED) is 0.267. The van der Waals surface area contributed by atoms with E-state index < -0.39 is 23.5 Å². The SMILES string of the molecule is O=C1C(=O)N(c2ccc(N3CCCC3)cc2)C(c2ccc(F)cc2)/C1=C(\O)c1ccc(Br)cc1. The minimum Gasteiger partial charge on any atom is -0.507 e. The van der Waals surface area contributed by atoms with Gasteiger partial charge in [0, 0.05) is 34.5 Å². The van der Waals surface area contributed by atoms with E-state index >= 15 is 0 Å². The Kier molecular flexibility index (Phi) is 5.96. The molecule has 0 aromatic heterocycles. The Balaban J connectivity index is 1.62. The van der Waals surface area contributed by atoms with Gasteiger partial charge >= 0.3 is 0 Å². The van der Waals surface area contributed by atoms with Crippen LogP contribution in [0.15, 0.2) is 82.8 Å². The van der Waals surface area contributed by atoms with Crippen LogP contribution in [-0.2, 0) is 9.59 Å². The number of ketones is 1. The molecule has 2 aliphatic rings. The van der Waals surface area contributed by atoms with Crippen LogP contribution >= 0.6 is 15.9 Å². The first-order valence-corrected chi connectivity index (χ1v) is 11.9. The summed E-state index contributed by atoms with van der Waals surface area (Å²) in [5.74, 6) is -2.21. The van der Waals surface area contributed by atoms with E-state index in [1.54, 1.807) is 24.3 Å². The van der Waals surface area contributed by atoms with E-state index in [1.807, 2.05) is 24.3 Å². The van der Waals surface area contributed by atoms with Gasteiger partial charge in [-0.3, -0.25) is 14.5 Å². The highest BCUT2D eigenvalue weighted by atomic mass is 79.9. The second-order valence-corrected chi connectivity index (χ2v) is 9.35. The lowest BCUT2D eigenvalue weighted by atomic mass is 9.95. The number of benzene rings is 3. The van der Waals surface area contributed by atoms with E-state index in [0.717, 1.165) is 36.1 Å². The van der Waals surface area contributed by atoms with Crippen molar-refractivity contribution in [3.05, 3.63) is 99.8 Å². The van der Waals surface area contributed by atoms with Crippen LogP contribution in [0.5, 0.6) is 0 Å². The Morgan fingerprint density at radius 3 is 2.06 bits per heavy atom. The fraction of sp³-hybridized carbons (Fsp3) is 0.185. The monoisotopic (exact) mass is 520 g/mol. The first-order valence-electron chi connectivity index (χ1n) is 11.1. The molecular formula is C27H22BrFN2O3. The zero-order valence-corrected chi connectivity index (χ0v) is 19.8. The number of carbonyl (C=O) groups is 2. The van der Waals surface area contributed by atoms with Crippen molar-refractivity contribution in [2.24, 2.45) is 0 Å². The summed E-state index contributed by atoms with van der Waals surface area (Å²) in [7, 11) is 0. The summed E-state index contributed by atoms with van der Waals surface area (Å²) < 4.78 is 14.5. The number of aliphatic hydroxyl groups excluding tert-OH is 1. The van der Waals surface area contributed by atoms with Crippen molar-refractivity contribution in [3.63, 3.8) is 0 Å². The molecule has 7 heteroatoms. The first kappa shape index (κ1) is 22.3. The third-order valence-corrected chi connectivity index (χ3v) is 6.88. The fourth-order valence-electron chi connectivity index (χ4n) is 4.62. The summed E-state index contributed by atoms with van der Waals surface area (Å²) in [5.41, 5.74) is 2.52. The Morgan fingerprint density at radius 1 is 0.853 bits per heavy atom. The lowest BCUT2D eigenvalue weighted by Crippen LogP contribution is -2.29. The number of rotatable bonds is 4. The molecule has 172 valence electrons. The molecule has 2 saturated heterocycles. The lowest BCUT2D eigenvalue weighted by Gasteiger charge is -2.26. The van der Waals surface area contributed by atoms with Gasteiger partial charge in [0.2, 0.25) is 0 Å². The van der Waals surface area contributed by atoms with E-state index in [0.29, 0.717) is 16.8 Å². The molecule has 2 heterocycles. The molecule has 3 aromatic rings. The second kappa shape index (κ2) is 9.06. The molecule has 1 amide bonds. The molecule has 5 nitrogen and oxygen atoms in total. The number of anilines is 2. The van der Waals surface area contributed by atoms with E-state index in [1.165, 1.54) is 29.2 Å². The maximum Gasteiger partial charge on any atom is 0.300 e. The summed E-state index contributed by atoms with van der Waals surface area (Å²) in [6.45, 7) is 1.99. The number of nitrogens with zero attached hydrogens (tertiary/aromatic N) is 2. The predicted molar refractivity (Wildman–Crippen MR) is 133 cm³/mol. The predicted octanol–water partition coefficient (Wildman–Crippen LogP) is 5.81. The molecule has 1 N–H and O–H groups in total. The number of hydrogen-bond acceptors (Lipinski definition) is 4. The molecule has 3 aromatic carbocycles. The topological polar surface area (TPSA) is 60.9 Å². The van der Waals surface area contributed by atoms with Gasteiger partial charge in [-0.05, 0) is 66.9 Å². The summed E-state index contributed by atoms with van der Waals surface area (Å²) in [4.78, 5) is 30.1. The van der Waals surface area contributed by atoms with Crippen LogP contribution in [0.2, 0.25) is 0 Å². The average molecular weight is 521 g/mol. The molecule has 0 spiro atoms. The highest BCUT2D eigenvalue weighted by Gasteiger charge is 2.47. The lowest BCUT2D eigenvalue weighted by molar-refractivity contribution is -0.132. The second-order valence-electron chi connectivity index (χ2n) is 8.44. The van der Waals surface area contributed by atoms with Gasteiger partial charge in [-0.1, -0.05) is 40.2 Å². The zero-order valence-electron chi connectivity index (χ0n) is 18.2. The van der Waals surface area contributed by atoms with Crippen LogP contribution in [0, 0.1) is 5.82 Å². The number of aliphatic hydroxyl groups is 1. The molecule has 0 bridgehead atoms. The Morgan fingerprint density at radius 2 is 1.44 bits per heavy atom. The smallest absolute Gasteiger partial charge is 0.300 e. The standard InChI is InChI=1S/C27H22BrFN2O3/c28-19-7-3-18(4-8-19)25(32)23-24(17-5-9-20(29)10-6-17)31(27(34)26(23)33)22-13-11-21(12-14-22)30-15-1-2-16-30/h3-14,24,32H,1-2,15-16H2/b25-23+. The largest absolute Gasteiger partial charge is 0.507 e. The molecule has 2 fully saturated rings. The first-order chi connectivity index (χ1) is 16.4. The zero-order chi connectivity index (χ0) is 23.8. The molecule has 0 radical (unpaired) electrons. The van der Waals surface area contributed by atoms with Crippen LogP contribution in [-0.4, -0.2) is 29.9 Å². The third kappa shape index (κ3) is 4.01. The molecular weight excluding hydrogens is 499 g/mol. The van der Waals surface area contributed by atoms with Crippen LogP contribution < -0.4 is 9.80 Å². The van der Waals surface area contributed by atoms with Gasteiger partial charge < -0.3 is 10.0 Å². The summed E-state index contributed by atoms with van der Waals surface area (Å²) in [6.07, 6.45) is 2.30. The number of hydrogen-bond donors (Lipinski definition) is 1. The maximum absolute atomic E-state index is 13.7. The molecule has 34 heavy (non-hydrogen) atoms. The molecule has 1 atom stereocenters. The Labute approximate surface area is 205 Å². The van der Waals surface area contributed by atoms with Crippen molar-refractivity contribution >= 4 is 44.8 Å². The van der Waals surface area contributed by atoms with Crippen molar-refractivity contribution in [3.8, 4) is 0 Å². The van der Waals surface area contributed by atoms with Crippen LogP contribution in [0.4, 0.5) is 15.8 Å². The van der Waals surface area contributed by atoms with Gasteiger partial charge in [0.25, 0.3) is 11.7 Å². The van der Waals surface area contributed by atoms with Gasteiger partial charge in [0.15, 0.2) is 0 Å². The minimum absolute atomic E-state index is 0.0254. The van der Waals surface area contributed by atoms with Crippen molar-refractivity contribution in [1.29, 1.82) is 0 Å². The highest BCUT2D eigenvalue weighted by Crippen LogP contribution is 2.42. The highest BCUT2D eigenvalue weighted by molar-refractivity contribution is 9.10. The Hall–Kier alpha value is -3.45. The molecule has 0 aliphatic carbocycles. The van der Waals surface area contributed by atoms with Crippen molar-refractivity contribution in [1.82, 2.24) is 0 Å². The minimum atomic E-state index is -0.887. The van der Waals surface area contributed by atoms with E-state index in [-0.39, 0.29) is 11.3 Å². The number of carbonyl (C=O) groups excluding carboxylic acids is 2. The normalized spacial score (nSPS) is 19.8. The van der Waals surface area contributed by atoms with Crippen LogP contribution in [0.3, 0.4) is 0 Å². The summed E-state index contributed by atoms with van der Waals surface area (Å²) >= 11 is 3.36. The van der Waals surface area contributed by atoms with Gasteiger partial charge in [-0.25, -0.2) is 4.39 Å². The Bertz CT molecular complexity index is 1260. The van der Waals surface area contributed by atoms with E-state index in [9.17, 15) is 19.1 Å². The molecule has 0 saturated carbocycles. The van der Waals surface area contributed by atoms with Crippen LogP contribution in [0.1, 0.15) is 30.0 Å². The summed E-state index contributed by atoms with van der Waals surface area (Å²) in [6, 6.07) is 19.1. The van der Waals surface area contributed by atoms with Gasteiger partial charge in [-0.2, -0.15) is 0 Å². The third-order valence-electron chi connectivity index (χ3n) is 6.35. The van der Waals surface area contributed by atoms with Gasteiger partial charge in [0.05, 0.1) is 11.6 Å². The van der Waals surface area contributed by atoms with Crippen molar-refractivity contribution in [2.75, 3.05) is 22.9 Å². The fourth-order valence-corrected chi connectivity index (χ4v) is 4.89. The number of halogens is 2. The van der Waals surface area contributed by atoms with Crippen molar-refractivity contribution < 1.29 is 19.1 Å². The molecule has 1 unspecified atom stereocenters. The van der Waals surface area contributed by atoms with Gasteiger partial charge in [0.1, 0.15) is 11.6 Å². The number of amides is 1. The van der Waals surface area contributed by atoms with E-state index in [4.69, 9.17) is 0 Å².